The summed E-state index contributed by atoms with van der Waals surface area (Å²) in [6.45, 7) is 2.02. The van der Waals surface area contributed by atoms with Crippen LogP contribution in [0.5, 0.6) is 5.75 Å². The van der Waals surface area contributed by atoms with Crippen LogP contribution in [0.1, 0.15) is 22.3 Å². The Labute approximate surface area is 155 Å². The minimum Gasteiger partial charge on any atom is -0.493 e. The number of methoxy groups -OCH3 is 1. The van der Waals surface area contributed by atoms with E-state index in [0.29, 0.717) is 27.0 Å². The van der Waals surface area contributed by atoms with Crippen molar-refractivity contribution in [3.05, 3.63) is 57.6 Å². The lowest BCUT2D eigenvalue weighted by atomic mass is 10.1. The molecule has 132 valence electrons. The molecule has 2 aromatic rings. The van der Waals surface area contributed by atoms with Crippen LogP contribution in [0.4, 0.5) is 5.69 Å². The molecule has 0 heterocycles. The Morgan fingerprint density at radius 2 is 1.84 bits per heavy atom. The summed E-state index contributed by atoms with van der Waals surface area (Å²) in [6.07, 6.45) is 0.141. The van der Waals surface area contributed by atoms with Crippen LogP contribution in [0.2, 0.25) is 10.0 Å². The molecule has 0 spiro atoms. The van der Waals surface area contributed by atoms with Crippen molar-refractivity contribution in [2.24, 2.45) is 0 Å². The van der Waals surface area contributed by atoms with Gasteiger partial charge in [-0.3, -0.25) is 4.79 Å². The second kappa shape index (κ2) is 8.74. The number of carbonyl (C=O) groups excluding carboxylic acids is 2. The number of carbonyl (C=O) groups is 2. The lowest BCUT2D eigenvalue weighted by molar-refractivity contribution is -0.116. The highest BCUT2D eigenvalue weighted by Crippen LogP contribution is 2.26. The van der Waals surface area contributed by atoms with Crippen molar-refractivity contribution < 1.29 is 19.1 Å². The first kappa shape index (κ1) is 19.1. The van der Waals surface area contributed by atoms with E-state index < -0.39 is 5.97 Å². The fourth-order valence-corrected chi connectivity index (χ4v) is 2.33. The summed E-state index contributed by atoms with van der Waals surface area (Å²) in [5.41, 5.74) is 1.77. The molecule has 25 heavy (non-hydrogen) atoms. The lowest BCUT2D eigenvalue weighted by Crippen LogP contribution is -2.16. The molecule has 0 atom stereocenters. The van der Waals surface area contributed by atoms with Crippen molar-refractivity contribution in [3.8, 4) is 5.75 Å². The van der Waals surface area contributed by atoms with Gasteiger partial charge in [-0.2, -0.15) is 0 Å². The molecule has 1 amide bonds. The molecule has 2 aromatic carbocycles. The SMILES string of the molecule is COC(=O)c1ccc(C)c(NC(=O)CCOc2ccc(Cl)c(Cl)c2)c1. The summed E-state index contributed by atoms with van der Waals surface area (Å²) in [5.74, 6) is -0.158. The predicted octanol–water partition coefficient (Wildman–Crippen LogP) is 4.50. The number of amides is 1. The van der Waals surface area contributed by atoms with Gasteiger partial charge in [0.25, 0.3) is 0 Å². The van der Waals surface area contributed by atoms with Gasteiger partial charge in [0.2, 0.25) is 5.91 Å². The molecule has 0 bridgehead atoms. The van der Waals surface area contributed by atoms with E-state index in [1.807, 2.05) is 6.92 Å². The quantitative estimate of drug-likeness (QED) is 0.748. The predicted molar refractivity (Wildman–Crippen MR) is 97.7 cm³/mol. The summed E-state index contributed by atoms with van der Waals surface area (Å²) < 4.78 is 10.2. The minimum absolute atomic E-state index is 0.141. The van der Waals surface area contributed by atoms with E-state index in [2.05, 4.69) is 10.1 Å². The first-order valence-electron chi connectivity index (χ1n) is 7.47. The van der Waals surface area contributed by atoms with Gasteiger partial charge in [0.15, 0.2) is 0 Å². The Morgan fingerprint density at radius 3 is 2.52 bits per heavy atom. The van der Waals surface area contributed by atoms with Crippen LogP contribution in [0.25, 0.3) is 0 Å². The van der Waals surface area contributed by atoms with Crippen molar-refractivity contribution in [3.63, 3.8) is 0 Å². The standard InChI is InChI=1S/C18H17Cl2NO4/c1-11-3-4-12(18(23)24-2)9-16(11)21-17(22)7-8-25-13-5-6-14(19)15(20)10-13/h3-6,9-10H,7-8H2,1-2H3,(H,21,22). The molecule has 7 heteroatoms. The molecule has 0 saturated heterocycles. The highest BCUT2D eigenvalue weighted by atomic mass is 35.5. The average Bonchev–Trinajstić information content (AvgIpc) is 2.59. The number of hydrogen-bond donors (Lipinski definition) is 1. The van der Waals surface area contributed by atoms with Crippen LogP contribution < -0.4 is 10.1 Å². The average molecular weight is 382 g/mol. The number of nitrogens with one attached hydrogen (secondary N) is 1. The van der Waals surface area contributed by atoms with Crippen molar-refractivity contribution in [2.45, 2.75) is 13.3 Å². The summed E-state index contributed by atoms with van der Waals surface area (Å²) in [7, 11) is 1.31. The molecule has 1 N–H and O–H groups in total. The van der Waals surface area contributed by atoms with Crippen LogP contribution in [0.15, 0.2) is 36.4 Å². The largest absolute Gasteiger partial charge is 0.493 e. The zero-order chi connectivity index (χ0) is 18.4. The Hall–Kier alpha value is -2.24. The number of halogens is 2. The monoisotopic (exact) mass is 381 g/mol. The van der Waals surface area contributed by atoms with Crippen LogP contribution in [-0.2, 0) is 9.53 Å². The number of ether oxygens (including phenoxy) is 2. The lowest BCUT2D eigenvalue weighted by Gasteiger charge is -2.11. The van der Waals surface area contributed by atoms with Gasteiger partial charge in [0.1, 0.15) is 5.75 Å². The van der Waals surface area contributed by atoms with E-state index in [9.17, 15) is 9.59 Å². The summed E-state index contributed by atoms with van der Waals surface area (Å²) >= 11 is 11.7. The molecule has 0 aromatic heterocycles. The van der Waals surface area contributed by atoms with Crippen LogP contribution in [0.3, 0.4) is 0 Å². The Kier molecular flexibility index (Phi) is 6.67. The van der Waals surface area contributed by atoms with E-state index in [-0.39, 0.29) is 18.9 Å². The maximum Gasteiger partial charge on any atom is 0.337 e. The molecular formula is C18H17Cl2NO4. The number of anilines is 1. The van der Waals surface area contributed by atoms with Crippen molar-refractivity contribution in [2.75, 3.05) is 19.0 Å². The first-order chi connectivity index (χ1) is 11.9. The smallest absolute Gasteiger partial charge is 0.337 e. The number of esters is 1. The molecule has 0 saturated carbocycles. The van der Waals surface area contributed by atoms with Gasteiger partial charge in [-0.1, -0.05) is 29.3 Å². The molecule has 0 fully saturated rings. The van der Waals surface area contributed by atoms with Crippen LogP contribution in [0, 0.1) is 6.92 Å². The third-order valence-corrected chi connectivity index (χ3v) is 4.16. The summed E-state index contributed by atoms with van der Waals surface area (Å²) in [4.78, 5) is 23.6. The molecule has 0 aliphatic rings. The number of benzene rings is 2. The Balaban J connectivity index is 1.91. The van der Waals surface area contributed by atoms with Crippen LogP contribution >= 0.6 is 23.2 Å². The van der Waals surface area contributed by atoms with Crippen LogP contribution in [-0.4, -0.2) is 25.6 Å². The highest BCUT2D eigenvalue weighted by molar-refractivity contribution is 6.42. The second-order valence-corrected chi connectivity index (χ2v) is 6.06. The van der Waals surface area contributed by atoms with Gasteiger partial charge in [-0.05, 0) is 36.8 Å². The molecule has 0 unspecified atom stereocenters. The van der Waals surface area contributed by atoms with Gasteiger partial charge in [-0.25, -0.2) is 4.79 Å². The maximum absolute atomic E-state index is 12.1. The van der Waals surface area contributed by atoms with E-state index in [0.717, 1.165) is 5.56 Å². The Bertz CT molecular complexity index is 793. The third-order valence-electron chi connectivity index (χ3n) is 3.42. The topological polar surface area (TPSA) is 64.6 Å². The van der Waals surface area contributed by atoms with Gasteiger partial charge in [-0.15, -0.1) is 0 Å². The van der Waals surface area contributed by atoms with Crippen molar-refractivity contribution >= 4 is 40.8 Å². The number of rotatable bonds is 6. The summed E-state index contributed by atoms with van der Waals surface area (Å²) in [5, 5.41) is 3.59. The fraction of sp³-hybridized carbons (Fsp3) is 0.222. The molecular weight excluding hydrogens is 365 g/mol. The van der Waals surface area contributed by atoms with Crippen molar-refractivity contribution in [1.29, 1.82) is 0 Å². The highest BCUT2D eigenvalue weighted by Gasteiger charge is 2.10. The van der Waals surface area contributed by atoms with E-state index in [1.54, 1.807) is 36.4 Å². The zero-order valence-electron chi connectivity index (χ0n) is 13.8. The zero-order valence-corrected chi connectivity index (χ0v) is 15.3. The molecule has 0 aliphatic heterocycles. The van der Waals surface area contributed by atoms with E-state index >= 15 is 0 Å². The minimum atomic E-state index is -0.460. The van der Waals surface area contributed by atoms with Gasteiger partial charge in [0.05, 0.1) is 35.7 Å². The first-order valence-corrected chi connectivity index (χ1v) is 8.23. The number of aryl methyl sites for hydroxylation is 1. The molecule has 0 radical (unpaired) electrons. The van der Waals surface area contributed by atoms with Gasteiger partial charge in [0, 0.05) is 11.8 Å². The van der Waals surface area contributed by atoms with Crippen molar-refractivity contribution in [1.82, 2.24) is 0 Å². The molecule has 0 aliphatic carbocycles. The second-order valence-electron chi connectivity index (χ2n) is 5.24. The summed E-state index contributed by atoms with van der Waals surface area (Å²) in [6, 6.07) is 9.86. The normalized spacial score (nSPS) is 10.2. The van der Waals surface area contributed by atoms with E-state index in [1.165, 1.54) is 7.11 Å². The van der Waals surface area contributed by atoms with Gasteiger partial charge >= 0.3 is 5.97 Å². The van der Waals surface area contributed by atoms with Gasteiger partial charge < -0.3 is 14.8 Å². The Morgan fingerprint density at radius 1 is 1.08 bits per heavy atom. The molecule has 5 nitrogen and oxygen atoms in total. The third kappa shape index (κ3) is 5.37. The maximum atomic E-state index is 12.1. The van der Waals surface area contributed by atoms with E-state index in [4.69, 9.17) is 27.9 Å². The number of hydrogen-bond acceptors (Lipinski definition) is 4. The fourth-order valence-electron chi connectivity index (χ4n) is 2.04. The molecule has 2 rings (SSSR count).